The Bertz CT molecular complexity index is 520. The maximum atomic E-state index is 12.5. The largest absolute Gasteiger partial charge is 0.459 e. The predicted molar refractivity (Wildman–Crippen MR) is 87.0 cm³/mol. The van der Waals surface area contributed by atoms with Crippen LogP contribution in [0.15, 0.2) is 18.2 Å². The summed E-state index contributed by atoms with van der Waals surface area (Å²) in [4.78, 5) is 12.5. The van der Waals surface area contributed by atoms with E-state index in [1.807, 2.05) is 20.8 Å². The standard InChI is InChI=1S/C18H27NO3/c1-18(2,3)22-17(21)16-12-19-9-8-14-11-13(5-4-10-20)6-7-15(14)16/h6-7,11,16,19-20H,4-5,8-10,12H2,1-3H3. The average molecular weight is 305 g/mol. The summed E-state index contributed by atoms with van der Waals surface area (Å²) in [5.74, 6) is -0.408. The molecule has 122 valence electrons. The number of hydrogen-bond donors (Lipinski definition) is 2. The van der Waals surface area contributed by atoms with E-state index >= 15 is 0 Å². The molecule has 0 spiro atoms. The second-order valence-corrected chi connectivity index (χ2v) is 6.90. The van der Waals surface area contributed by atoms with Crippen LogP contribution in [0.1, 0.15) is 49.8 Å². The predicted octanol–water partition coefficient (Wildman–Crippen LogP) is 2.18. The molecule has 2 N–H and O–H groups in total. The number of aliphatic hydroxyl groups is 1. The van der Waals surface area contributed by atoms with Crippen LogP contribution in [0.2, 0.25) is 0 Å². The van der Waals surface area contributed by atoms with Gasteiger partial charge in [-0.1, -0.05) is 18.2 Å². The van der Waals surface area contributed by atoms with Gasteiger partial charge in [-0.05, 0) is 63.3 Å². The van der Waals surface area contributed by atoms with E-state index in [0.29, 0.717) is 6.54 Å². The van der Waals surface area contributed by atoms with Crippen molar-refractivity contribution in [3.8, 4) is 0 Å². The van der Waals surface area contributed by atoms with E-state index in [0.717, 1.165) is 31.4 Å². The van der Waals surface area contributed by atoms with Crippen molar-refractivity contribution >= 4 is 5.97 Å². The van der Waals surface area contributed by atoms with Gasteiger partial charge in [0.25, 0.3) is 0 Å². The smallest absolute Gasteiger partial charge is 0.315 e. The van der Waals surface area contributed by atoms with Crippen molar-refractivity contribution in [3.05, 3.63) is 34.9 Å². The normalized spacial score (nSPS) is 18.5. The minimum Gasteiger partial charge on any atom is -0.459 e. The zero-order valence-corrected chi connectivity index (χ0v) is 13.8. The second kappa shape index (κ2) is 7.25. The quantitative estimate of drug-likeness (QED) is 0.837. The van der Waals surface area contributed by atoms with Gasteiger partial charge in [-0.15, -0.1) is 0 Å². The molecule has 1 atom stereocenters. The van der Waals surface area contributed by atoms with E-state index < -0.39 is 5.60 Å². The van der Waals surface area contributed by atoms with Crippen LogP contribution in [0, 0.1) is 0 Å². The minimum absolute atomic E-state index is 0.161. The fourth-order valence-electron chi connectivity index (χ4n) is 2.82. The van der Waals surface area contributed by atoms with Crippen LogP contribution in [-0.2, 0) is 22.4 Å². The number of fused-ring (bicyclic) bond motifs is 1. The van der Waals surface area contributed by atoms with Gasteiger partial charge >= 0.3 is 5.97 Å². The van der Waals surface area contributed by atoms with Crippen molar-refractivity contribution in [2.24, 2.45) is 0 Å². The summed E-state index contributed by atoms with van der Waals surface area (Å²) in [5, 5.41) is 12.3. The van der Waals surface area contributed by atoms with E-state index in [1.54, 1.807) is 0 Å². The van der Waals surface area contributed by atoms with E-state index in [4.69, 9.17) is 9.84 Å². The first-order valence-corrected chi connectivity index (χ1v) is 8.07. The number of ether oxygens (including phenoxy) is 1. The Hall–Kier alpha value is -1.39. The number of hydrogen-bond acceptors (Lipinski definition) is 4. The Morgan fingerprint density at radius 1 is 1.41 bits per heavy atom. The molecule has 0 amide bonds. The van der Waals surface area contributed by atoms with E-state index in [9.17, 15) is 4.79 Å². The summed E-state index contributed by atoms with van der Waals surface area (Å²) < 4.78 is 5.57. The lowest BCUT2D eigenvalue weighted by atomic mass is 9.91. The third-order valence-electron chi connectivity index (χ3n) is 3.82. The van der Waals surface area contributed by atoms with Gasteiger partial charge in [-0.25, -0.2) is 0 Å². The SMILES string of the molecule is CC(C)(C)OC(=O)C1CNCCc2cc(CCCO)ccc21. The first-order valence-electron chi connectivity index (χ1n) is 8.07. The van der Waals surface area contributed by atoms with Crippen molar-refractivity contribution in [2.45, 2.75) is 51.6 Å². The number of carbonyl (C=O) groups is 1. The summed E-state index contributed by atoms with van der Waals surface area (Å²) in [6.45, 7) is 7.39. The Morgan fingerprint density at radius 2 is 2.18 bits per heavy atom. The number of aryl methyl sites for hydroxylation is 1. The summed E-state index contributed by atoms with van der Waals surface area (Å²) in [5.41, 5.74) is 3.05. The highest BCUT2D eigenvalue weighted by Gasteiger charge is 2.29. The lowest BCUT2D eigenvalue weighted by molar-refractivity contribution is -0.156. The molecule has 2 rings (SSSR count). The molecule has 1 unspecified atom stereocenters. The monoisotopic (exact) mass is 305 g/mol. The maximum Gasteiger partial charge on any atom is 0.315 e. The van der Waals surface area contributed by atoms with Crippen LogP contribution in [0.3, 0.4) is 0 Å². The Balaban J connectivity index is 2.23. The number of aliphatic hydroxyl groups excluding tert-OH is 1. The van der Waals surface area contributed by atoms with Gasteiger partial charge in [0.2, 0.25) is 0 Å². The minimum atomic E-state index is -0.468. The van der Waals surface area contributed by atoms with E-state index in [2.05, 4.69) is 23.5 Å². The summed E-state index contributed by atoms with van der Waals surface area (Å²) in [7, 11) is 0. The van der Waals surface area contributed by atoms with Crippen LogP contribution < -0.4 is 5.32 Å². The summed E-state index contributed by atoms with van der Waals surface area (Å²) in [6.07, 6.45) is 2.56. The van der Waals surface area contributed by atoms with Crippen LogP contribution in [-0.4, -0.2) is 36.4 Å². The van der Waals surface area contributed by atoms with Gasteiger partial charge in [0.15, 0.2) is 0 Å². The highest BCUT2D eigenvalue weighted by molar-refractivity contribution is 5.79. The molecule has 4 heteroatoms. The molecule has 0 aliphatic carbocycles. The van der Waals surface area contributed by atoms with Crippen molar-refractivity contribution in [1.29, 1.82) is 0 Å². The highest BCUT2D eigenvalue weighted by Crippen LogP contribution is 2.27. The Labute approximate surface area is 132 Å². The third kappa shape index (κ3) is 4.55. The molecule has 1 aromatic carbocycles. The molecule has 1 heterocycles. The second-order valence-electron chi connectivity index (χ2n) is 6.90. The molecule has 0 saturated carbocycles. The fraction of sp³-hybridized carbons (Fsp3) is 0.611. The van der Waals surface area contributed by atoms with Crippen LogP contribution in [0.4, 0.5) is 0 Å². The molecule has 1 aliphatic heterocycles. The van der Waals surface area contributed by atoms with Gasteiger partial charge in [0.1, 0.15) is 5.60 Å². The third-order valence-corrected chi connectivity index (χ3v) is 3.82. The average Bonchev–Trinajstić information content (AvgIpc) is 2.65. The molecular weight excluding hydrogens is 278 g/mol. The molecule has 4 nitrogen and oxygen atoms in total. The molecule has 22 heavy (non-hydrogen) atoms. The van der Waals surface area contributed by atoms with Crippen molar-refractivity contribution in [3.63, 3.8) is 0 Å². The first-order chi connectivity index (χ1) is 10.4. The highest BCUT2D eigenvalue weighted by atomic mass is 16.6. The van der Waals surface area contributed by atoms with Gasteiger partial charge in [0, 0.05) is 13.2 Å². The Kier molecular flexibility index (Phi) is 5.59. The van der Waals surface area contributed by atoms with Crippen molar-refractivity contribution in [2.75, 3.05) is 19.7 Å². The van der Waals surface area contributed by atoms with Crippen molar-refractivity contribution in [1.82, 2.24) is 5.32 Å². The van der Waals surface area contributed by atoms with Gasteiger partial charge in [-0.3, -0.25) is 4.79 Å². The molecular formula is C18H27NO3. The molecule has 0 radical (unpaired) electrons. The maximum absolute atomic E-state index is 12.5. The molecule has 0 aromatic heterocycles. The van der Waals surface area contributed by atoms with Crippen LogP contribution >= 0.6 is 0 Å². The van der Waals surface area contributed by atoms with Crippen LogP contribution in [0.25, 0.3) is 0 Å². The Morgan fingerprint density at radius 3 is 2.86 bits per heavy atom. The molecule has 0 bridgehead atoms. The topological polar surface area (TPSA) is 58.6 Å². The molecule has 0 fully saturated rings. The zero-order valence-electron chi connectivity index (χ0n) is 13.8. The van der Waals surface area contributed by atoms with E-state index in [-0.39, 0.29) is 18.5 Å². The molecule has 1 aromatic rings. The van der Waals surface area contributed by atoms with Gasteiger partial charge < -0.3 is 15.2 Å². The van der Waals surface area contributed by atoms with E-state index in [1.165, 1.54) is 11.1 Å². The number of esters is 1. The number of benzene rings is 1. The van der Waals surface area contributed by atoms with Crippen LogP contribution in [0.5, 0.6) is 0 Å². The van der Waals surface area contributed by atoms with Gasteiger partial charge in [0.05, 0.1) is 5.92 Å². The number of nitrogens with one attached hydrogen (secondary N) is 1. The first kappa shape index (κ1) is 17.0. The number of rotatable bonds is 4. The zero-order chi connectivity index (χ0) is 16.2. The lowest BCUT2D eigenvalue weighted by Gasteiger charge is -2.24. The van der Waals surface area contributed by atoms with Gasteiger partial charge in [-0.2, -0.15) is 0 Å². The molecule has 0 saturated heterocycles. The summed E-state index contributed by atoms with van der Waals surface area (Å²) in [6, 6.07) is 6.30. The lowest BCUT2D eigenvalue weighted by Crippen LogP contribution is -2.32. The fourth-order valence-corrected chi connectivity index (χ4v) is 2.82. The number of carbonyl (C=O) groups excluding carboxylic acids is 1. The summed E-state index contributed by atoms with van der Waals surface area (Å²) >= 11 is 0. The molecule has 1 aliphatic rings. The van der Waals surface area contributed by atoms with Crippen molar-refractivity contribution < 1.29 is 14.6 Å².